The van der Waals surface area contributed by atoms with Gasteiger partial charge in [0.1, 0.15) is 0 Å². The lowest BCUT2D eigenvalue weighted by molar-refractivity contribution is -0.119. The van der Waals surface area contributed by atoms with Crippen LogP contribution in [-0.4, -0.2) is 31.9 Å². The molecule has 1 amide bonds. The van der Waals surface area contributed by atoms with Crippen molar-refractivity contribution in [1.29, 1.82) is 0 Å². The van der Waals surface area contributed by atoms with Gasteiger partial charge in [-0.3, -0.25) is 4.79 Å². The molecular formula is C21H25N5OS. The van der Waals surface area contributed by atoms with E-state index in [1.807, 2.05) is 37.3 Å². The lowest BCUT2D eigenvalue weighted by Gasteiger charge is -2.18. The van der Waals surface area contributed by atoms with E-state index in [4.69, 9.17) is 0 Å². The van der Waals surface area contributed by atoms with Crippen molar-refractivity contribution < 1.29 is 4.79 Å². The summed E-state index contributed by atoms with van der Waals surface area (Å²) < 4.78 is 1.70. The summed E-state index contributed by atoms with van der Waals surface area (Å²) in [4.78, 5) is 12.6. The molecule has 0 aliphatic heterocycles. The maximum Gasteiger partial charge on any atom is 0.230 e. The van der Waals surface area contributed by atoms with E-state index in [2.05, 4.69) is 52.9 Å². The van der Waals surface area contributed by atoms with Gasteiger partial charge in [-0.25, -0.2) is 0 Å². The summed E-state index contributed by atoms with van der Waals surface area (Å²) in [6.45, 7) is 6.22. The number of aromatic nitrogens is 4. The van der Waals surface area contributed by atoms with E-state index in [1.54, 1.807) is 4.68 Å². The average molecular weight is 396 g/mol. The molecule has 0 saturated heterocycles. The molecule has 0 radical (unpaired) electrons. The first kappa shape index (κ1) is 20.1. The van der Waals surface area contributed by atoms with Crippen molar-refractivity contribution in [2.45, 2.75) is 44.8 Å². The Morgan fingerprint density at radius 1 is 1.14 bits per heavy atom. The number of rotatable bonds is 8. The fourth-order valence-electron chi connectivity index (χ4n) is 3.05. The van der Waals surface area contributed by atoms with Crippen molar-refractivity contribution in [3.8, 4) is 5.69 Å². The fraction of sp³-hybridized carbons (Fsp3) is 0.333. The van der Waals surface area contributed by atoms with Crippen LogP contribution in [0.1, 0.15) is 42.5 Å². The normalized spacial score (nSPS) is 12.0. The molecule has 28 heavy (non-hydrogen) atoms. The molecule has 3 rings (SSSR count). The number of hydrogen-bond acceptors (Lipinski definition) is 5. The van der Waals surface area contributed by atoms with Crippen molar-refractivity contribution in [3.63, 3.8) is 0 Å². The highest BCUT2D eigenvalue weighted by Crippen LogP contribution is 2.23. The number of tetrazole rings is 1. The third kappa shape index (κ3) is 4.78. The third-order valence-corrected chi connectivity index (χ3v) is 5.61. The Morgan fingerprint density at radius 3 is 2.68 bits per heavy atom. The van der Waals surface area contributed by atoms with Crippen LogP contribution in [0.3, 0.4) is 0 Å². The Balaban J connectivity index is 1.67. The smallest absolute Gasteiger partial charge is 0.230 e. The van der Waals surface area contributed by atoms with Gasteiger partial charge in [-0.1, -0.05) is 67.6 Å². The molecular weight excluding hydrogens is 370 g/mol. The van der Waals surface area contributed by atoms with Crippen LogP contribution < -0.4 is 5.32 Å². The van der Waals surface area contributed by atoms with E-state index < -0.39 is 0 Å². The zero-order chi connectivity index (χ0) is 19.9. The Bertz CT molecular complexity index is 926. The molecule has 3 aromatic rings. The van der Waals surface area contributed by atoms with Gasteiger partial charge >= 0.3 is 0 Å². The standard InChI is InChI=1S/C21H25N5OS/c1-4-9-18(17-11-6-5-7-12-17)22-20(27)14-28-21-23-24-25-26(21)19-13-8-10-15(2)16(19)3/h5-8,10-13,18H,4,9,14H2,1-3H3,(H,22,27)/t18-/m0/s1. The molecule has 0 bridgehead atoms. The van der Waals surface area contributed by atoms with E-state index in [1.165, 1.54) is 17.3 Å². The average Bonchev–Trinajstić information content (AvgIpc) is 3.17. The van der Waals surface area contributed by atoms with Crippen molar-refractivity contribution in [2.24, 2.45) is 0 Å². The van der Waals surface area contributed by atoms with Crippen LogP contribution >= 0.6 is 11.8 Å². The maximum atomic E-state index is 12.6. The number of nitrogens with one attached hydrogen (secondary N) is 1. The number of carbonyl (C=O) groups excluding carboxylic acids is 1. The number of thioether (sulfide) groups is 1. The summed E-state index contributed by atoms with van der Waals surface area (Å²) in [5, 5.41) is 15.7. The third-order valence-electron chi connectivity index (χ3n) is 4.69. The van der Waals surface area contributed by atoms with E-state index >= 15 is 0 Å². The molecule has 0 unspecified atom stereocenters. The SMILES string of the molecule is CCC[C@H](NC(=O)CSc1nnnn1-c1cccc(C)c1C)c1ccccc1. The summed E-state index contributed by atoms with van der Waals surface area (Å²) in [5.74, 6) is 0.237. The summed E-state index contributed by atoms with van der Waals surface area (Å²) in [6.07, 6.45) is 1.90. The maximum absolute atomic E-state index is 12.6. The minimum atomic E-state index is -0.0252. The Labute approximate surface area is 169 Å². The lowest BCUT2D eigenvalue weighted by atomic mass is 10.0. The van der Waals surface area contributed by atoms with Gasteiger partial charge in [-0.15, -0.1) is 5.10 Å². The van der Waals surface area contributed by atoms with Crippen LogP contribution in [0.2, 0.25) is 0 Å². The second kappa shape index (κ2) is 9.50. The van der Waals surface area contributed by atoms with Crippen LogP contribution in [0.4, 0.5) is 0 Å². The quantitative estimate of drug-likeness (QED) is 0.583. The molecule has 1 heterocycles. The highest BCUT2D eigenvalue weighted by atomic mass is 32.2. The molecule has 0 aliphatic carbocycles. The van der Waals surface area contributed by atoms with Crippen LogP contribution in [0.15, 0.2) is 53.7 Å². The number of nitrogens with zero attached hydrogens (tertiary/aromatic N) is 4. The van der Waals surface area contributed by atoms with Crippen LogP contribution in [0.25, 0.3) is 5.69 Å². The molecule has 1 N–H and O–H groups in total. The second-order valence-electron chi connectivity index (χ2n) is 6.70. The first-order valence-electron chi connectivity index (χ1n) is 9.42. The fourth-order valence-corrected chi connectivity index (χ4v) is 3.74. The number of hydrogen-bond donors (Lipinski definition) is 1. The number of benzene rings is 2. The van der Waals surface area contributed by atoms with Gasteiger partial charge in [0.25, 0.3) is 0 Å². The summed E-state index contributed by atoms with van der Waals surface area (Å²) in [6, 6.07) is 16.1. The molecule has 7 heteroatoms. The second-order valence-corrected chi connectivity index (χ2v) is 7.64. The minimum Gasteiger partial charge on any atom is -0.349 e. The summed E-state index contributed by atoms with van der Waals surface area (Å²) in [5.41, 5.74) is 4.35. The Kier molecular flexibility index (Phi) is 6.81. The van der Waals surface area contributed by atoms with E-state index in [0.717, 1.165) is 29.7 Å². The minimum absolute atomic E-state index is 0.0225. The van der Waals surface area contributed by atoms with Gasteiger partial charge in [-0.2, -0.15) is 4.68 Å². The zero-order valence-electron chi connectivity index (χ0n) is 16.4. The van der Waals surface area contributed by atoms with Gasteiger partial charge in [-0.05, 0) is 53.5 Å². The monoisotopic (exact) mass is 395 g/mol. The topological polar surface area (TPSA) is 72.7 Å². The predicted molar refractivity (Wildman–Crippen MR) is 112 cm³/mol. The van der Waals surface area contributed by atoms with Gasteiger partial charge in [0.05, 0.1) is 17.5 Å². The number of carbonyl (C=O) groups is 1. The first-order valence-corrected chi connectivity index (χ1v) is 10.4. The van der Waals surface area contributed by atoms with Crippen LogP contribution in [0, 0.1) is 13.8 Å². The van der Waals surface area contributed by atoms with Gasteiger partial charge in [0.2, 0.25) is 11.1 Å². The van der Waals surface area contributed by atoms with Crippen LogP contribution in [0.5, 0.6) is 0 Å². The molecule has 0 fully saturated rings. The number of amides is 1. The summed E-state index contributed by atoms with van der Waals surface area (Å²) >= 11 is 1.34. The van der Waals surface area contributed by atoms with Crippen molar-refractivity contribution in [3.05, 3.63) is 65.2 Å². The summed E-state index contributed by atoms with van der Waals surface area (Å²) in [7, 11) is 0. The van der Waals surface area contributed by atoms with Gasteiger partial charge in [0, 0.05) is 0 Å². The molecule has 1 atom stereocenters. The largest absolute Gasteiger partial charge is 0.349 e. The van der Waals surface area contributed by atoms with Crippen molar-refractivity contribution in [1.82, 2.24) is 25.5 Å². The molecule has 0 aliphatic rings. The number of aryl methyl sites for hydroxylation is 1. The first-order chi connectivity index (χ1) is 13.6. The predicted octanol–water partition coefficient (Wildman–Crippen LogP) is 4.03. The highest BCUT2D eigenvalue weighted by molar-refractivity contribution is 7.99. The molecule has 6 nitrogen and oxygen atoms in total. The Morgan fingerprint density at radius 2 is 1.93 bits per heavy atom. The van der Waals surface area contributed by atoms with E-state index in [0.29, 0.717) is 5.16 Å². The lowest BCUT2D eigenvalue weighted by Crippen LogP contribution is -2.30. The van der Waals surface area contributed by atoms with Gasteiger partial charge < -0.3 is 5.32 Å². The molecule has 0 spiro atoms. The van der Waals surface area contributed by atoms with Crippen molar-refractivity contribution in [2.75, 3.05) is 5.75 Å². The molecule has 1 aromatic heterocycles. The van der Waals surface area contributed by atoms with Crippen LogP contribution in [-0.2, 0) is 4.79 Å². The zero-order valence-corrected chi connectivity index (χ0v) is 17.2. The highest BCUT2D eigenvalue weighted by Gasteiger charge is 2.17. The Hall–Kier alpha value is -2.67. The van der Waals surface area contributed by atoms with Crippen molar-refractivity contribution >= 4 is 17.7 Å². The molecule has 2 aromatic carbocycles. The molecule has 146 valence electrons. The molecule has 0 saturated carbocycles. The van der Waals surface area contributed by atoms with Gasteiger partial charge in [0.15, 0.2) is 0 Å². The van der Waals surface area contributed by atoms with E-state index in [-0.39, 0.29) is 17.7 Å². The van der Waals surface area contributed by atoms with E-state index in [9.17, 15) is 4.79 Å².